The summed E-state index contributed by atoms with van der Waals surface area (Å²) in [6, 6.07) is 0. The molecule has 14 heavy (non-hydrogen) atoms. The summed E-state index contributed by atoms with van der Waals surface area (Å²) in [7, 11) is 0. The van der Waals surface area contributed by atoms with Gasteiger partial charge in [0.05, 0.1) is 13.3 Å². The highest BCUT2D eigenvalue weighted by Crippen LogP contribution is 2.02. The van der Waals surface area contributed by atoms with Crippen molar-refractivity contribution < 1.29 is 9.57 Å². The molecule has 0 aromatic heterocycles. The van der Waals surface area contributed by atoms with Gasteiger partial charge in [-0.05, 0) is 6.92 Å². The first-order valence-corrected chi connectivity index (χ1v) is 5.79. The van der Waals surface area contributed by atoms with Crippen LogP contribution in [0, 0.1) is 0 Å². The summed E-state index contributed by atoms with van der Waals surface area (Å²) >= 11 is 4.10. The number of hydrogen-bond donors (Lipinski definition) is 1. The third kappa shape index (κ3) is 4.61. The van der Waals surface area contributed by atoms with E-state index in [-0.39, 0.29) is 0 Å². The first kappa shape index (κ1) is 12.3. The van der Waals surface area contributed by atoms with Crippen LogP contribution in [0.5, 0.6) is 0 Å². The van der Waals surface area contributed by atoms with Gasteiger partial charge in [0, 0.05) is 38.5 Å². The van der Waals surface area contributed by atoms with Crippen LogP contribution in [0.3, 0.4) is 0 Å². The fourth-order valence-corrected chi connectivity index (χ4v) is 1.46. The van der Waals surface area contributed by atoms with Crippen LogP contribution >= 0.6 is 12.6 Å². The number of rotatable bonds is 6. The topological polar surface area (TPSA) is 24.9 Å². The standard InChI is InChI=1S/C9H20N2O2S/c1-2-12-9-10-3-5-11(6-4-10)13-7-8-14/h14H,2-9H2,1H3. The summed E-state index contributed by atoms with van der Waals surface area (Å²) in [6.45, 7) is 8.22. The molecule has 4 nitrogen and oxygen atoms in total. The Bertz CT molecular complexity index is 125. The van der Waals surface area contributed by atoms with Crippen LogP contribution in [0.1, 0.15) is 6.92 Å². The summed E-state index contributed by atoms with van der Waals surface area (Å²) in [4.78, 5) is 7.77. The van der Waals surface area contributed by atoms with Gasteiger partial charge in [-0.25, -0.2) is 0 Å². The zero-order valence-corrected chi connectivity index (χ0v) is 9.71. The minimum atomic E-state index is 0.703. The van der Waals surface area contributed by atoms with Crippen molar-refractivity contribution in [2.24, 2.45) is 0 Å². The molecule has 0 amide bonds. The summed E-state index contributed by atoms with van der Waals surface area (Å²) < 4.78 is 5.34. The number of hydrogen-bond acceptors (Lipinski definition) is 5. The van der Waals surface area contributed by atoms with Gasteiger partial charge in [-0.3, -0.25) is 9.74 Å². The molecule has 0 spiro atoms. The van der Waals surface area contributed by atoms with Gasteiger partial charge in [-0.1, -0.05) is 0 Å². The van der Waals surface area contributed by atoms with Crippen LogP contribution in [0.15, 0.2) is 0 Å². The van der Waals surface area contributed by atoms with Gasteiger partial charge in [0.15, 0.2) is 0 Å². The van der Waals surface area contributed by atoms with Crippen molar-refractivity contribution in [3.63, 3.8) is 0 Å². The molecule has 0 aromatic rings. The van der Waals surface area contributed by atoms with E-state index in [1.54, 1.807) is 0 Å². The lowest BCUT2D eigenvalue weighted by atomic mass is 10.4. The Morgan fingerprint density at radius 2 is 1.93 bits per heavy atom. The third-order valence-electron chi connectivity index (χ3n) is 2.17. The van der Waals surface area contributed by atoms with Gasteiger partial charge in [-0.2, -0.15) is 17.7 Å². The number of ether oxygens (including phenoxy) is 1. The summed E-state index contributed by atoms with van der Waals surface area (Å²) in [5.74, 6) is 0.777. The van der Waals surface area contributed by atoms with Gasteiger partial charge in [-0.15, -0.1) is 0 Å². The minimum absolute atomic E-state index is 0.703. The second-order valence-corrected chi connectivity index (χ2v) is 3.67. The van der Waals surface area contributed by atoms with Crippen LogP contribution in [0.25, 0.3) is 0 Å². The molecule has 0 aliphatic carbocycles. The van der Waals surface area contributed by atoms with Crippen molar-refractivity contribution in [2.75, 3.05) is 51.9 Å². The first-order valence-electron chi connectivity index (χ1n) is 5.15. The Balaban J connectivity index is 2.05. The maximum Gasteiger partial charge on any atom is 0.0990 e. The van der Waals surface area contributed by atoms with Crippen LogP contribution in [-0.4, -0.2) is 61.8 Å². The molecular weight excluding hydrogens is 200 g/mol. The van der Waals surface area contributed by atoms with E-state index in [1.807, 2.05) is 12.0 Å². The van der Waals surface area contributed by atoms with Gasteiger partial charge in [0.2, 0.25) is 0 Å². The fraction of sp³-hybridized carbons (Fsp3) is 1.00. The van der Waals surface area contributed by atoms with E-state index < -0.39 is 0 Å². The Hall–Kier alpha value is 0.190. The van der Waals surface area contributed by atoms with E-state index in [4.69, 9.17) is 9.57 Å². The number of thiol groups is 1. The van der Waals surface area contributed by atoms with E-state index >= 15 is 0 Å². The number of piperazine rings is 1. The van der Waals surface area contributed by atoms with Crippen LogP contribution < -0.4 is 0 Å². The molecule has 1 aliphatic rings. The molecule has 0 N–H and O–H groups in total. The second-order valence-electron chi connectivity index (χ2n) is 3.23. The fourth-order valence-electron chi connectivity index (χ4n) is 1.38. The molecule has 1 rings (SSSR count). The van der Waals surface area contributed by atoms with E-state index in [9.17, 15) is 0 Å². The van der Waals surface area contributed by atoms with Crippen LogP contribution in [0.2, 0.25) is 0 Å². The molecule has 0 radical (unpaired) electrons. The average molecular weight is 220 g/mol. The number of hydroxylamine groups is 2. The molecule has 1 heterocycles. The first-order chi connectivity index (χ1) is 6.86. The molecule has 0 bridgehead atoms. The molecule has 84 valence electrons. The molecular formula is C9H20N2O2S. The second kappa shape index (κ2) is 7.48. The maximum absolute atomic E-state index is 5.47. The van der Waals surface area contributed by atoms with Crippen molar-refractivity contribution in [1.82, 2.24) is 9.96 Å². The van der Waals surface area contributed by atoms with Gasteiger partial charge in [0.1, 0.15) is 0 Å². The van der Waals surface area contributed by atoms with E-state index in [0.717, 1.165) is 45.3 Å². The van der Waals surface area contributed by atoms with E-state index in [2.05, 4.69) is 17.5 Å². The Morgan fingerprint density at radius 1 is 1.21 bits per heavy atom. The Labute approximate surface area is 91.5 Å². The normalized spacial score (nSPS) is 20.1. The molecule has 1 fully saturated rings. The lowest BCUT2D eigenvalue weighted by molar-refractivity contribution is -0.177. The highest BCUT2D eigenvalue weighted by atomic mass is 32.1. The highest BCUT2D eigenvalue weighted by molar-refractivity contribution is 7.80. The quantitative estimate of drug-likeness (QED) is 0.657. The molecule has 5 heteroatoms. The summed E-state index contributed by atoms with van der Waals surface area (Å²) in [6.07, 6.45) is 0. The van der Waals surface area contributed by atoms with E-state index in [0.29, 0.717) is 6.61 Å². The molecule has 0 aromatic carbocycles. The molecule has 1 saturated heterocycles. The zero-order valence-electron chi connectivity index (χ0n) is 8.81. The predicted molar refractivity (Wildman–Crippen MR) is 59.4 cm³/mol. The highest BCUT2D eigenvalue weighted by Gasteiger charge is 2.16. The predicted octanol–water partition coefficient (Wildman–Crippen LogP) is 0.459. The monoisotopic (exact) mass is 220 g/mol. The zero-order chi connectivity index (χ0) is 10.2. The summed E-state index contributed by atoms with van der Waals surface area (Å²) in [5, 5.41) is 2.01. The smallest absolute Gasteiger partial charge is 0.0990 e. The van der Waals surface area contributed by atoms with Crippen LogP contribution in [-0.2, 0) is 9.57 Å². The summed E-state index contributed by atoms with van der Waals surface area (Å²) in [5.41, 5.74) is 0. The van der Waals surface area contributed by atoms with Crippen LogP contribution in [0.4, 0.5) is 0 Å². The van der Waals surface area contributed by atoms with Crippen molar-refractivity contribution in [1.29, 1.82) is 0 Å². The number of nitrogens with zero attached hydrogens (tertiary/aromatic N) is 2. The largest absolute Gasteiger partial charge is 0.366 e. The van der Waals surface area contributed by atoms with Gasteiger partial charge in [0.25, 0.3) is 0 Å². The van der Waals surface area contributed by atoms with Crippen molar-refractivity contribution in [2.45, 2.75) is 6.92 Å². The minimum Gasteiger partial charge on any atom is -0.366 e. The average Bonchev–Trinajstić information content (AvgIpc) is 2.25. The Morgan fingerprint density at radius 3 is 2.50 bits per heavy atom. The Kier molecular flexibility index (Phi) is 6.55. The van der Waals surface area contributed by atoms with Gasteiger partial charge >= 0.3 is 0 Å². The van der Waals surface area contributed by atoms with E-state index in [1.165, 1.54) is 0 Å². The third-order valence-corrected chi connectivity index (χ3v) is 2.36. The lowest BCUT2D eigenvalue weighted by Crippen LogP contribution is -2.47. The van der Waals surface area contributed by atoms with Gasteiger partial charge < -0.3 is 4.74 Å². The molecule has 0 saturated carbocycles. The van der Waals surface area contributed by atoms with Crippen molar-refractivity contribution in [3.8, 4) is 0 Å². The maximum atomic E-state index is 5.47. The molecule has 0 atom stereocenters. The van der Waals surface area contributed by atoms with Crippen molar-refractivity contribution >= 4 is 12.6 Å². The lowest BCUT2D eigenvalue weighted by Gasteiger charge is -2.33. The van der Waals surface area contributed by atoms with Crippen molar-refractivity contribution in [3.05, 3.63) is 0 Å². The molecule has 1 aliphatic heterocycles. The molecule has 0 unspecified atom stereocenters. The SMILES string of the molecule is CCOCN1CCN(OCCS)CC1.